The van der Waals surface area contributed by atoms with Crippen molar-refractivity contribution in [2.45, 2.75) is 33.9 Å². The number of benzene rings is 1. The second kappa shape index (κ2) is 9.19. The summed E-state index contributed by atoms with van der Waals surface area (Å²) in [6, 6.07) is 0.965. The van der Waals surface area contributed by atoms with Gasteiger partial charge in [0.2, 0.25) is 5.82 Å². The molecular weight excluding hydrogens is 324 g/mol. The Morgan fingerprint density at radius 1 is 1.33 bits per heavy atom. The Bertz CT molecular complexity index is 607. The van der Waals surface area contributed by atoms with E-state index in [0.29, 0.717) is 6.26 Å². The van der Waals surface area contributed by atoms with Gasteiger partial charge in [0, 0.05) is 18.3 Å². The van der Waals surface area contributed by atoms with Gasteiger partial charge in [-0.05, 0) is 23.6 Å². The average Bonchev–Trinajstić information content (AvgIpc) is 2.48. The number of alkyl halides is 1. The number of halogens is 2. The lowest BCUT2D eigenvalue weighted by Gasteiger charge is -2.21. The summed E-state index contributed by atoms with van der Waals surface area (Å²) in [7, 11) is 1.40. The number of nitrogens with zero attached hydrogens (tertiary/aromatic N) is 1. The molecule has 0 unspecified atom stereocenters. The first-order chi connectivity index (χ1) is 11.1. The number of aliphatic hydroxyl groups excluding tert-OH is 1. The average molecular weight is 347 g/mol. The van der Waals surface area contributed by atoms with Crippen molar-refractivity contribution in [2.24, 2.45) is 10.9 Å². The van der Waals surface area contributed by atoms with Crippen molar-refractivity contribution in [3.8, 4) is 11.5 Å². The second-order valence-corrected chi connectivity index (χ2v) is 4.71. The molecule has 1 aromatic carbocycles. The van der Waals surface area contributed by atoms with Gasteiger partial charge in [-0.3, -0.25) is 4.99 Å². The van der Waals surface area contributed by atoms with Crippen molar-refractivity contribution in [1.82, 2.24) is 0 Å². The van der Waals surface area contributed by atoms with Crippen molar-refractivity contribution in [2.75, 3.05) is 7.05 Å². The van der Waals surface area contributed by atoms with Crippen LogP contribution in [-0.4, -0.2) is 39.4 Å². The number of hydrogen-bond acceptors (Lipinski definition) is 6. The Kier molecular flexibility index (Phi) is 8.35. The molecule has 136 valence electrons. The van der Waals surface area contributed by atoms with E-state index in [9.17, 15) is 13.9 Å². The van der Waals surface area contributed by atoms with Gasteiger partial charge in [0.05, 0.1) is 6.26 Å². The second-order valence-electron chi connectivity index (χ2n) is 4.71. The third kappa shape index (κ3) is 5.47. The van der Waals surface area contributed by atoms with Gasteiger partial charge in [-0.25, -0.2) is 0 Å². The van der Waals surface area contributed by atoms with Crippen LogP contribution in [0.3, 0.4) is 0 Å². The quantitative estimate of drug-likeness (QED) is 0.372. The first kappa shape index (κ1) is 21.8. The molecule has 1 rings (SSSR count). The molecule has 0 amide bonds. The van der Waals surface area contributed by atoms with Gasteiger partial charge in [0.1, 0.15) is 0 Å². The van der Waals surface area contributed by atoms with E-state index in [1.54, 1.807) is 13.8 Å². The summed E-state index contributed by atoms with van der Waals surface area (Å²) in [5.74, 6) is -3.52. The van der Waals surface area contributed by atoms with Crippen LogP contribution in [0.2, 0.25) is 0 Å². The summed E-state index contributed by atoms with van der Waals surface area (Å²) in [6.07, 6.45) is -2.45. The van der Waals surface area contributed by atoms with E-state index < -0.39 is 23.5 Å². The lowest BCUT2D eigenvalue weighted by atomic mass is 9.93. The van der Waals surface area contributed by atoms with Gasteiger partial charge in [-0.1, -0.05) is 27.7 Å². The van der Waals surface area contributed by atoms with Gasteiger partial charge < -0.3 is 25.2 Å². The number of aromatic hydroxyl groups is 1. The maximum absolute atomic E-state index is 14.1. The summed E-state index contributed by atoms with van der Waals surface area (Å²) >= 11 is 0. The van der Waals surface area contributed by atoms with Crippen molar-refractivity contribution in [3.63, 3.8) is 0 Å². The van der Waals surface area contributed by atoms with Gasteiger partial charge in [0.15, 0.2) is 11.5 Å². The highest BCUT2D eigenvalue weighted by Gasteiger charge is 2.32. The van der Waals surface area contributed by atoms with Crippen LogP contribution in [0.4, 0.5) is 8.78 Å². The van der Waals surface area contributed by atoms with Crippen molar-refractivity contribution in [3.05, 3.63) is 29.3 Å². The van der Waals surface area contributed by atoms with E-state index in [-0.39, 0.29) is 22.8 Å². The smallest absolute Gasteiger partial charge is 0.492 e. The Balaban J connectivity index is 0.00000254. The van der Waals surface area contributed by atoms with Crippen molar-refractivity contribution >= 4 is 11.8 Å². The minimum Gasteiger partial charge on any atom is -0.516 e. The molecule has 0 atom stereocenters. The van der Waals surface area contributed by atoms with Crippen LogP contribution in [0.15, 0.2) is 17.3 Å². The molecule has 0 aliphatic heterocycles. The number of aliphatic imine (C=N–C) groups is 1. The molecule has 4 N–H and O–H groups in total. The molecule has 0 bridgehead atoms. The Hall–Kier alpha value is -2.19. The van der Waals surface area contributed by atoms with Crippen LogP contribution < -0.4 is 4.74 Å². The van der Waals surface area contributed by atoms with Crippen LogP contribution in [-0.2, 0) is 0 Å². The number of phenols is 1. The van der Waals surface area contributed by atoms with Crippen molar-refractivity contribution < 1.29 is 33.9 Å². The zero-order chi connectivity index (χ0) is 19.1. The lowest BCUT2D eigenvalue weighted by Crippen LogP contribution is -2.31. The van der Waals surface area contributed by atoms with E-state index in [2.05, 4.69) is 9.73 Å². The van der Waals surface area contributed by atoms with Gasteiger partial charge in [0.25, 0.3) is 0 Å². The first-order valence-electron chi connectivity index (χ1n) is 7.28. The summed E-state index contributed by atoms with van der Waals surface area (Å²) in [4.78, 5) is 3.95. The monoisotopic (exact) mass is 347 g/mol. The molecule has 0 radical (unpaired) electrons. The molecule has 24 heavy (non-hydrogen) atoms. The zero-order valence-corrected chi connectivity index (χ0v) is 14.2. The number of rotatable bonds is 5. The fraction of sp³-hybridized carbons (Fsp3) is 0.438. The lowest BCUT2D eigenvalue weighted by molar-refractivity contribution is -0.376. The van der Waals surface area contributed by atoms with Crippen LogP contribution >= 0.6 is 0 Å². The zero-order valence-electron chi connectivity index (χ0n) is 14.2. The number of aliphatic hydroxyl groups is 3. The molecule has 8 heteroatoms. The molecular formula is C16H23F2NO5. The largest absolute Gasteiger partial charge is 0.516 e. The normalized spacial score (nSPS) is 12.3. The SMILES string of the molecule is CC.CN=C(c1c(/C=C/O)cc(O)c(F)c1OC(O)(O)F)C(C)C. The van der Waals surface area contributed by atoms with E-state index in [1.165, 1.54) is 7.05 Å². The molecule has 0 aliphatic carbocycles. The van der Waals surface area contributed by atoms with E-state index in [4.69, 9.17) is 15.3 Å². The molecule has 1 aromatic rings. The fourth-order valence-electron chi connectivity index (χ4n) is 2.00. The highest BCUT2D eigenvalue weighted by atomic mass is 19.2. The van der Waals surface area contributed by atoms with Gasteiger partial charge in [-0.2, -0.15) is 4.39 Å². The Labute approximate surface area is 139 Å². The minimum atomic E-state index is -4.15. The van der Waals surface area contributed by atoms with Crippen LogP contribution in [0.1, 0.15) is 38.8 Å². The predicted octanol–water partition coefficient (Wildman–Crippen LogP) is 3.11. The summed E-state index contributed by atoms with van der Waals surface area (Å²) in [5, 5.41) is 35.9. The molecule has 0 saturated carbocycles. The molecule has 0 spiro atoms. The van der Waals surface area contributed by atoms with E-state index in [0.717, 1.165) is 12.1 Å². The van der Waals surface area contributed by atoms with E-state index in [1.807, 2.05) is 13.8 Å². The topological polar surface area (TPSA) is 103 Å². The standard InChI is InChI=1S/C14H17F2NO5.C2H6/c1-7(2)12(17-3)10-8(4-5-18)6-9(19)11(15)13(10)22-14(16,20)21;1-2/h4-7,18-21H,1-3H3;1-2H3/b5-4+,17-12?;. The fourth-order valence-corrected chi connectivity index (χ4v) is 2.00. The van der Waals surface area contributed by atoms with Gasteiger partial charge in [-0.15, -0.1) is 4.39 Å². The van der Waals surface area contributed by atoms with Crippen LogP contribution in [0.25, 0.3) is 6.08 Å². The number of phenolic OH excluding ortho intramolecular Hbond substituents is 1. The molecule has 0 saturated heterocycles. The molecule has 6 nitrogen and oxygen atoms in total. The van der Waals surface area contributed by atoms with Crippen LogP contribution in [0, 0.1) is 11.7 Å². The molecule has 0 fully saturated rings. The first-order valence-corrected chi connectivity index (χ1v) is 7.28. The molecule has 0 heterocycles. The maximum Gasteiger partial charge on any atom is 0.492 e. The summed E-state index contributed by atoms with van der Waals surface area (Å²) in [5.41, 5.74) is 0.171. The Morgan fingerprint density at radius 3 is 2.25 bits per heavy atom. The molecule has 0 aromatic heterocycles. The minimum absolute atomic E-state index is 0.0509. The number of ether oxygens (including phenoxy) is 1. The van der Waals surface area contributed by atoms with Gasteiger partial charge >= 0.3 is 6.23 Å². The third-order valence-electron chi connectivity index (χ3n) is 2.76. The summed E-state index contributed by atoms with van der Waals surface area (Å²) < 4.78 is 31.2. The maximum atomic E-state index is 14.1. The van der Waals surface area contributed by atoms with Crippen LogP contribution in [0.5, 0.6) is 11.5 Å². The van der Waals surface area contributed by atoms with Crippen molar-refractivity contribution in [1.29, 1.82) is 0 Å². The third-order valence-corrected chi connectivity index (χ3v) is 2.76. The molecule has 0 aliphatic rings. The predicted molar refractivity (Wildman–Crippen MR) is 87.3 cm³/mol. The highest BCUT2D eigenvalue weighted by Crippen LogP contribution is 2.37. The Morgan fingerprint density at radius 2 is 1.88 bits per heavy atom. The van der Waals surface area contributed by atoms with E-state index >= 15 is 0 Å². The number of hydrogen-bond donors (Lipinski definition) is 4. The summed E-state index contributed by atoms with van der Waals surface area (Å²) in [6.45, 7) is 7.42. The highest BCUT2D eigenvalue weighted by molar-refractivity contribution is 6.07.